The summed E-state index contributed by atoms with van der Waals surface area (Å²) in [5, 5.41) is 5.35. The number of hydrogen-bond acceptors (Lipinski definition) is 3. The third-order valence-electron chi connectivity index (χ3n) is 2.99. The van der Waals surface area contributed by atoms with E-state index < -0.39 is 5.91 Å². The van der Waals surface area contributed by atoms with Gasteiger partial charge in [-0.3, -0.25) is 14.4 Å². The first-order valence-electron chi connectivity index (χ1n) is 6.00. The first-order chi connectivity index (χ1) is 9.06. The molecule has 1 fully saturated rings. The molecule has 1 atom stereocenters. The number of primary amides is 1. The molecule has 6 nitrogen and oxygen atoms in total. The van der Waals surface area contributed by atoms with E-state index in [1.54, 1.807) is 24.3 Å². The fourth-order valence-electron chi connectivity index (χ4n) is 2.01. The molecule has 0 aliphatic carbocycles. The summed E-state index contributed by atoms with van der Waals surface area (Å²) in [7, 11) is 0. The number of nitrogens with one attached hydrogen (secondary N) is 2. The lowest BCUT2D eigenvalue weighted by molar-refractivity contribution is -0.123. The molecular formula is C13H15N3O3. The molecule has 1 saturated heterocycles. The highest BCUT2D eigenvalue weighted by atomic mass is 16.2. The van der Waals surface area contributed by atoms with Gasteiger partial charge in [0.15, 0.2) is 0 Å². The summed E-state index contributed by atoms with van der Waals surface area (Å²) in [4.78, 5) is 34.0. The second-order valence-electron chi connectivity index (χ2n) is 4.49. The Morgan fingerprint density at radius 1 is 1.37 bits per heavy atom. The molecule has 6 heteroatoms. The minimum absolute atomic E-state index is 0.0678. The molecule has 0 spiro atoms. The van der Waals surface area contributed by atoms with Crippen LogP contribution in [0.4, 0.5) is 5.69 Å². The second kappa shape index (κ2) is 5.51. The first-order valence-corrected chi connectivity index (χ1v) is 6.00. The van der Waals surface area contributed by atoms with Crippen LogP contribution in [0, 0.1) is 5.92 Å². The summed E-state index contributed by atoms with van der Waals surface area (Å²) in [5.74, 6) is -1.17. The average Bonchev–Trinajstić information content (AvgIpc) is 2.78. The Balaban J connectivity index is 2.08. The largest absolute Gasteiger partial charge is 0.369 e. The van der Waals surface area contributed by atoms with Gasteiger partial charge in [0.1, 0.15) is 0 Å². The number of hydrogen-bond donors (Lipinski definition) is 3. The van der Waals surface area contributed by atoms with E-state index >= 15 is 0 Å². The Labute approximate surface area is 110 Å². The van der Waals surface area contributed by atoms with Crippen LogP contribution >= 0.6 is 0 Å². The fourth-order valence-corrected chi connectivity index (χ4v) is 2.01. The van der Waals surface area contributed by atoms with Crippen molar-refractivity contribution in [2.75, 3.05) is 11.9 Å². The van der Waals surface area contributed by atoms with Crippen molar-refractivity contribution in [2.45, 2.75) is 12.8 Å². The number of amides is 3. The lowest BCUT2D eigenvalue weighted by Crippen LogP contribution is -2.25. The maximum atomic E-state index is 12.0. The summed E-state index contributed by atoms with van der Waals surface area (Å²) in [6.45, 7) is 0.350. The second-order valence-corrected chi connectivity index (χ2v) is 4.49. The molecule has 0 saturated carbocycles. The van der Waals surface area contributed by atoms with Crippen LogP contribution in [0.2, 0.25) is 0 Å². The van der Waals surface area contributed by atoms with Crippen molar-refractivity contribution in [2.24, 2.45) is 11.7 Å². The zero-order chi connectivity index (χ0) is 13.8. The molecule has 1 aliphatic rings. The molecule has 2 rings (SSSR count). The predicted molar refractivity (Wildman–Crippen MR) is 69.1 cm³/mol. The monoisotopic (exact) mass is 261 g/mol. The van der Waals surface area contributed by atoms with Gasteiger partial charge in [0.05, 0.1) is 12.3 Å². The van der Waals surface area contributed by atoms with Crippen molar-refractivity contribution in [3.05, 3.63) is 29.8 Å². The molecule has 1 aliphatic heterocycles. The van der Waals surface area contributed by atoms with E-state index in [1.165, 1.54) is 0 Å². The molecule has 100 valence electrons. The van der Waals surface area contributed by atoms with Gasteiger partial charge in [0.2, 0.25) is 17.7 Å². The highest BCUT2D eigenvalue weighted by Crippen LogP contribution is 2.18. The maximum Gasteiger partial charge on any atom is 0.229 e. The van der Waals surface area contributed by atoms with Crippen molar-refractivity contribution in [1.82, 2.24) is 5.32 Å². The van der Waals surface area contributed by atoms with Gasteiger partial charge in [-0.2, -0.15) is 0 Å². The summed E-state index contributed by atoms with van der Waals surface area (Å²) in [6, 6.07) is 6.98. The molecule has 1 heterocycles. The zero-order valence-corrected chi connectivity index (χ0v) is 10.3. The Morgan fingerprint density at radius 3 is 2.74 bits per heavy atom. The molecule has 3 amide bonds. The van der Waals surface area contributed by atoms with Gasteiger partial charge in [0.25, 0.3) is 0 Å². The van der Waals surface area contributed by atoms with Crippen LogP contribution < -0.4 is 16.4 Å². The SMILES string of the molecule is NC(=O)Cc1ccccc1NC(=O)C1CNC(=O)C1. The third-order valence-corrected chi connectivity index (χ3v) is 2.99. The van der Waals surface area contributed by atoms with E-state index in [9.17, 15) is 14.4 Å². The summed E-state index contributed by atoms with van der Waals surface area (Å²) in [6.07, 6.45) is 0.266. The molecule has 0 bridgehead atoms. The van der Waals surface area contributed by atoms with Crippen LogP contribution in [-0.2, 0) is 20.8 Å². The van der Waals surface area contributed by atoms with Crippen LogP contribution in [0.25, 0.3) is 0 Å². The van der Waals surface area contributed by atoms with Gasteiger partial charge in [0, 0.05) is 18.7 Å². The topological polar surface area (TPSA) is 101 Å². The Morgan fingerprint density at radius 2 is 2.11 bits per heavy atom. The third kappa shape index (κ3) is 3.31. The van der Waals surface area contributed by atoms with Crippen LogP contribution in [0.15, 0.2) is 24.3 Å². The number of benzene rings is 1. The van der Waals surface area contributed by atoms with Crippen LogP contribution in [0.1, 0.15) is 12.0 Å². The lowest BCUT2D eigenvalue weighted by Gasteiger charge is -2.12. The van der Waals surface area contributed by atoms with Crippen LogP contribution in [0.5, 0.6) is 0 Å². The number of carbonyl (C=O) groups is 3. The van der Waals surface area contributed by atoms with E-state index in [0.717, 1.165) is 0 Å². The molecule has 19 heavy (non-hydrogen) atoms. The summed E-state index contributed by atoms with van der Waals surface area (Å²) in [5.41, 5.74) is 6.39. The van der Waals surface area contributed by atoms with E-state index in [2.05, 4.69) is 10.6 Å². The number of para-hydroxylation sites is 1. The molecule has 4 N–H and O–H groups in total. The zero-order valence-electron chi connectivity index (χ0n) is 10.3. The smallest absolute Gasteiger partial charge is 0.229 e. The van der Waals surface area contributed by atoms with Gasteiger partial charge in [-0.25, -0.2) is 0 Å². The Kier molecular flexibility index (Phi) is 3.79. The maximum absolute atomic E-state index is 12.0. The van der Waals surface area contributed by atoms with Crippen molar-refractivity contribution in [3.8, 4) is 0 Å². The van der Waals surface area contributed by atoms with Gasteiger partial charge in [-0.1, -0.05) is 18.2 Å². The predicted octanol–water partition coefficient (Wildman–Crippen LogP) is -0.211. The Bertz CT molecular complexity index is 528. The fraction of sp³-hybridized carbons (Fsp3) is 0.308. The number of carbonyl (C=O) groups excluding carboxylic acids is 3. The standard InChI is InChI=1S/C13H15N3O3/c14-11(17)5-8-3-1-2-4-10(8)16-13(19)9-6-12(18)15-7-9/h1-4,9H,5-7H2,(H2,14,17)(H,15,18)(H,16,19). The minimum atomic E-state index is -0.459. The van der Waals surface area contributed by atoms with Crippen molar-refractivity contribution >= 4 is 23.4 Å². The summed E-state index contributed by atoms with van der Waals surface area (Å²) >= 11 is 0. The lowest BCUT2D eigenvalue weighted by atomic mass is 10.1. The highest BCUT2D eigenvalue weighted by molar-refractivity contribution is 5.98. The van der Waals surface area contributed by atoms with Crippen LogP contribution in [0.3, 0.4) is 0 Å². The molecule has 1 aromatic carbocycles. The van der Waals surface area contributed by atoms with E-state index in [4.69, 9.17) is 5.73 Å². The molecule has 0 aromatic heterocycles. The normalized spacial score (nSPS) is 17.9. The molecular weight excluding hydrogens is 246 g/mol. The van der Waals surface area contributed by atoms with Crippen molar-refractivity contribution in [1.29, 1.82) is 0 Å². The van der Waals surface area contributed by atoms with Gasteiger partial charge >= 0.3 is 0 Å². The quantitative estimate of drug-likeness (QED) is 0.699. The van der Waals surface area contributed by atoms with Crippen molar-refractivity contribution in [3.63, 3.8) is 0 Å². The Hall–Kier alpha value is -2.37. The molecule has 0 radical (unpaired) electrons. The van der Waals surface area contributed by atoms with E-state index in [1.807, 2.05) is 0 Å². The van der Waals surface area contributed by atoms with Crippen LogP contribution in [-0.4, -0.2) is 24.3 Å². The molecule has 1 unspecified atom stereocenters. The van der Waals surface area contributed by atoms with Crippen molar-refractivity contribution < 1.29 is 14.4 Å². The number of nitrogens with two attached hydrogens (primary N) is 1. The minimum Gasteiger partial charge on any atom is -0.369 e. The summed E-state index contributed by atoms with van der Waals surface area (Å²) < 4.78 is 0. The van der Waals surface area contributed by atoms with Gasteiger partial charge in [-0.05, 0) is 11.6 Å². The van der Waals surface area contributed by atoms with Gasteiger partial charge < -0.3 is 16.4 Å². The average molecular weight is 261 g/mol. The van der Waals surface area contributed by atoms with E-state index in [-0.39, 0.29) is 30.6 Å². The number of rotatable bonds is 4. The van der Waals surface area contributed by atoms with E-state index in [0.29, 0.717) is 17.8 Å². The number of anilines is 1. The van der Waals surface area contributed by atoms with Gasteiger partial charge in [-0.15, -0.1) is 0 Å². The molecule has 1 aromatic rings. The first kappa shape index (κ1) is 13.1. The highest BCUT2D eigenvalue weighted by Gasteiger charge is 2.28.